The SMILES string of the molecule is CC(C)CCNCCN(C)C(C)C(C)(C)C. The summed E-state index contributed by atoms with van der Waals surface area (Å²) >= 11 is 0. The van der Waals surface area contributed by atoms with Crippen molar-refractivity contribution in [3.63, 3.8) is 0 Å². The molecule has 2 nitrogen and oxygen atoms in total. The highest BCUT2D eigenvalue weighted by molar-refractivity contribution is 4.77. The summed E-state index contributed by atoms with van der Waals surface area (Å²) in [6, 6.07) is 0.624. The molecular formula is C14H32N2. The molecule has 0 amide bonds. The lowest BCUT2D eigenvalue weighted by Gasteiger charge is -2.35. The van der Waals surface area contributed by atoms with Gasteiger partial charge in [0.2, 0.25) is 0 Å². The molecule has 0 rings (SSSR count). The Kier molecular flexibility index (Phi) is 7.25. The van der Waals surface area contributed by atoms with Gasteiger partial charge in [-0.1, -0.05) is 34.6 Å². The molecule has 0 spiro atoms. The summed E-state index contributed by atoms with van der Waals surface area (Å²) in [6.07, 6.45) is 1.28. The fourth-order valence-corrected chi connectivity index (χ4v) is 1.63. The van der Waals surface area contributed by atoms with Gasteiger partial charge in [-0.25, -0.2) is 0 Å². The maximum Gasteiger partial charge on any atom is 0.0113 e. The van der Waals surface area contributed by atoms with Crippen molar-refractivity contribution in [1.29, 1.82) is 0 Å². The highest BCUT2D eigenvalue weighted by Gasteiger charge is 2.23. The summed E-state index contributed by atoms with van der Waals surface area (Å²) in [4.78, 5) is 2.45. The lowest BCUT2D eigenvalue weighted by Crippen LogP contribution is -2.42. The van der Waals surface area contributed by atoms with E-state index in [1.807, 2.05) is 0 Å². The van der Waals surface area contributed by atoms with Crippen LogP contribution in [0.3, 0.4) is 0 Å². The van der Waals surface area contributed by atoms with Crippen molar-refractivity contribution in [3.05, 3.63) is 0 Å². The molecule has 0 saturated heterocycles. The van der Waals surface area contributed by atoms with E-state index in [9.17, 15) is 0 Å². The van der Waals surface area contributed by atoms with Crippen LogP contribution >= 0.6 is 0 Å². The third kappa shape index (κ3) is 7.24. The first-order valence-electron chi connectivity index (χ1n) is 6.66. The average molecular weight is 228 g/mol. The molecule has 1 unspecified atom stereocenters. The molecule has 0 aromatic rings. The quantitative estimate of drug-likeness (QED) is 0.674. The Morgan fingerprint density at radius 2 is 1.62 bits per heavy atom. The van der Waals surface area contributed by atoms with Crippen LogP contribution in [0.2, 0.25) is 0 Å². The second kappa shape index (κ2) is 7.29. The van der Waals surface area contributed by atoms with Crippen LogP contribution < -0.4 is 5.32 Å². The third-order valence-electron chi connectivity index (χ3n) is 3.45. The normalized spacial score (nSPS) is 14.8. The van der Waals surface area contributed by atoms with E-state index in [1.165, 1.54) is 6.42 Å². The molecule has 16 heavy (non-hydrogen) atoms. The van der Waals surface area contributed by atoms with Crippen LogP contribution in [0.1, 0.15) is 48.0 Å². The topological polar surface area (TPSA) is 15.3 Å². The Hall–Kier alpha value is -0.0800. The Balaban J connectivity index is 3.62. The lowest BCUT2D eigenvalue weighted by molar-refractivity contribution is 0.142. The Morgan fingerprint density at radius 3 is 2.06 bits per heavy atom. The standard InChI is InChI=1S/C14H32N2/c1-12(2)8-9-15-10-11-16(7)13(3)14(4,5)6/h12-13,15H,8-11H2,1-7H3. The molecule has 0 aliphatic heterocycles. The second-order valence-corrected chi connectivity index (χ2v) is 6.46. The number of nitrogens with zero attached hydrogens (tertiary/aromatic N) is 1. The molecule has 0 saturated carbocycles. The maximum absolute atomic E-state index is 3.51. The van der Waals surface area contributed by atoms with Crippen molar-refractivity contribution in [1.82, 2.24) is 10.2 Å². The van der Waals surface area contributed by atoms with Crippen LogP contribution in [-0.4, -0.2) is 37.6 Å². The zero-order valence-electron chi connectivity index (χ0n) is 12.4. The van der Waals surface area contributed by atoms with E-state index >= 15 is 0 Å². The number of nitrogens with one attached hydrogen (secondary N) is 1. The summed E-state index contributed by atoms with van der Waals surface area (Å²) in [5.41, 5.74) is 0.368. The fraction of sp³-hybridized carbons (Fsp3) is 1.00. The number of hydrogen-bond donors (Lipinski definition) is 1. The highest BCUT2D eigenvalue weighted by atomic mass is 15.1. The van der Waals surface area contributed by atoms with Gasteiger partial charge in [0.05, 0.1) is 0 Å². The number of hydrogen-bond acceptors (Lipinski definition) is 2. The van der Waals surface area contributed by atoms with Crippen molar-refractivity contribution in [3.8, 4) is 0 Å². The molecule has 0 bridgehead atoms. The van der Waals surface area contributed by atoms with Crippen LogP contribution in [0.4, 0.5) is 0 Å². The van der Waals surface area contributed by atoms with Crippen molar-refractivity contribution < 1.29 is 0 Å². The van der Waals surface area contributed by atoms with Gasteiger partial charge in [0.15, 0.2) is 0 Å². The molecule has 1 atom stereocenters. The summed E-state index contributed by atoms with van der Waals surface area (Å²) in [7, 11) is 2.22. The predicted octanol–water partition coefficient (Wildman–Crippen LogP) is 2.99. The Bertz CT molecular complexity index is 170. The molecule has 98 valence electrons. The first-order valence-corrected chi connectivity index (χ1v) is 6.66. The van der Waals surface area contributed by atoms with Crippen LogP contribution in [-0.2, 0) is 0 Å². The van der Waals surface area contributed by atoms with Gasteiger partial charge < -0.3 is 10.2 Å². The monoisotopic (exact) mass is 228 g/mol. The first kappa shape index (κ1) is 15.9. The minimum absolute atomic E-state index is 0.368. The number of rotatable bonds is 7. The van der Waals surface area contributed by atoms with E-state index in [0.717, 1.165) is 25.6 Å². The Morgan fingerprint density at radius 1 is 1.06 bits per heavy atom. The van der Waals surface area contributed by atoms with Gasteiger partial charge >= 0.3 is 0 Å². The van der Waals surface area contributed by atoms with Gasteiger partial charge in [-0.15, -0.1) is 0 Å². The molecule has 0 fully saturated rings. The smallest absolute Gasteiger partial charge is 0.0113 e. The summed E-state index contributed by atoms with van der Waals surface area (Å²) < 4.78 is 0. The maximum atomic E-state index is 3.51. The molecule has 0 radical (unpaired) electrons. The van der Waals surface area contributed by atoms with Gasteiger partial charge in [0, 0.05) is 19.1 Å². The van der Waals surface area contributed by atoms with Gasteiger partial charge in [-0.05, 0) is 38.3 Å². The van der Waals surface area contributed by atoms with Crippen LogP contribution in [0.25, 0.3) is 0 Å². The first-order chi connectivity index (χ1) is 7.25. The van der Waals surface area contributed by atoms with Crippen LogP contribution in [0.15, 0.2) is 0 Å². The lowest BCUT2D eigenvalue weighted by atomic mass is 9.87. The Labute approximate surface area is 103 Å². The van der Waals surface area contributed by atoms with Gasteiger partial charge in [-0.3, -0.25) is 0 Å². The fourth-order valence-electron chi connectivity index (χ4n) is 1.63. The average Bonchev–Trinajstić information content (AvgIpc) is 2.13. The van der Waals surface area contributed by atoms with E-state index in [0.29, 0.717) is 11.5 Å². The third-order valence-corrected chi connectivity index (χ3v) is 3.45. The minimum atomic E-state index is 0.368. The minimum Gasteiger partial charge on any atom is -0.315 e. The molecule has 0 aliphatic rings. The van der Waals surface area contributed by atoms with Crippen molar-refractivity contribution in [2.24, 2.45) is 11.3 Å². The summed E-state index contributed by atoms with van der Waals surface area (Å²) in [5, 5.41) is 3.51. The molecule has 1 N–H and O–H groups in total. The van der Waals surface area contributed by atoms with Crippen molar-refractivity contribution in [2.45, 2.75) is 54.0 Å². The largest absolute Gasteiger partial charge is 0.315 e. The molecule has 0 heterocycles. The van der Waals surface area contributed by atoms with Gasteiger partial charge in [0.1, 0.15) is 0 Å². The molecule has 0 aromatic heterocycles. The molecule has 2 heteroatoms. The summed E-state index contributed by atoms with van der Waals surface area (Å²) in [5.74, 6) is 0.804. The van der Waals surface area contributed by atoms with Crippen LogP contribution in [0, 0.1) is 11.3 Å². The zero-order valence-corrected chi connectivity index (χ0v) is 12.4. The number of likely N-dealkylation sites (N-methyl/N-ethyl adjacent to an activating group) is 1. The zero-order chi connectivity index (χ0) is 12.8. The van der Waals surface area contributed by atoms with Crippen LogP contribution in [0.5, 0.6) is 0 Å². The molecule has 0 aliphatic carbocycles. The summed E-state index contributed by atoms with van der Waals surface area (Å²) in [6.45, 7) is 17.2. The van der Waals surface area contributed by atoms with Crippen molar-refractivity contribution in [2.75, 3.05) is 26.7 Å². The van der Waals surface area contributed by atoms with E-state index in [4.69, 9.17) is 0 Å². The predicted molar refractivity (Wildman–Crippen MR) is 73.9 cm³/mol. The molecular weight excluding hydrogens is 196 g/mol. The van der Waals surface area contributed by atoms with E-state index in [2.05, 4.69) is 58.8 Å². The van der Waals surface area contributed by atoms with E-state index in [1.54, 1.807) is 0 Å². The molecule has 0 aromatic carbocycles. The van der Waals surface area contributed by atoms with E-state index < -0.39 is 0 Å². The van der Waals surface area contributed by atoms with Gasteiger partial charge in [0.25, 0.3) is 0 Å². The highest BCUT2D eigenvalue weighted by Crippen LogP contribution is 2.22. The van der Waals surface area contributed by atoms with Gasteiger partial charge in [-0.2, -0.15) is 0 Å². The van der Waals surface area contributed by atoms with E-state index in [-0.39, 0.29) is 0 Å². The second-order valence-electron chi connectivity index (χ2n) is 6.46. The van der Waals surface area contributed by atoms with Crippen molar-refractivity contribution >= 4 is 0 Å².